The molecule has 0 bridgehead atoms. The Morgan fingerprint density at radius 3 is 2.50 bits per heavy atom. The molecule has 0 rings (SSSR count). The number of hydrogen-bond donors (Lipinski definition) is 2. The van der Waals surface area contributed by atoms with E-state index in [-0.39, 0.29) is 0 Å². The molecule has 10 heavy (non-hydrogen) atoms. The highest BCUT2D eigenvalue weighted by Crippen LogP contribution is 1.82. The number of hydrogen-bond acceptors (Lipinski definition) is 4. The quantitative estimate of drug-likeness (QED) is 0.498. The number of rotatable bonds is 3. The molecule has 0 radical (unpaired) electrons. The van der Waals surface area contributed by atoms with Crippen LogP contribution >= 0.6 is 0 Å². The molecular formula is C5H9NO4. The lowest BCUT2D eigenvalue weighted by atomic mass is 10.4. The SMILES string of the molecule is C[C@H](N)C(=O)OCC(=O)O. The molecule has 0 aromatic carbocycles. The third kappa shape index (κ3) is 3.85. The van der Waals surface area contributed by atoms with Gasteiger partial charge < -0.3 is 15.6 Å². The van der Waals surface area contributed by atoms with E-state index >= 15 is 0 Å². The Labute approximate surface area is 57.8 Å². The number of ether oxygens (including phenoxy) is 1. The summed E-state index contributed by atoms with van der Waals surface area (Å²) in [6.07, 6.45) is 0. The zero-order chi connectivity index (χ0) is 8.15. The summed E-state index contributed by atoms with van der Waals surface area (Å²) in [5, 5.41) is 8.03. The summed E-state index contributed by atoms with van der Waals surface area (Å²) < 4.78 is 4.20. The molecular weight excluding hydrogens is 138 g/mol. The molecule has 0 aliphatic rings. The molecule has 5 nitrogen and oxygen atoms in total. The molecule has 3 N–H and O–H groups in total. The molecule has 0 heterocycles. The summed E-state index contributed by atoms with van der Waals surface area (Å²) in [6.45, 7) is 0.796. The average molecular weight is 147 g/mol. The van der Waals surface area contributed by atoms with Crippen molar-refractivity contribution in [3.8, 4) is 0 Å². The highest BCUT2D eigenvalue weighted by Gasteiger charge is 2.09. The van der Waals surface area contributed by atoms with Crippen LogP contribution in [0, 0.1) is 0 Å². The van der Waals surface area contributed by atoms with Crippen molar-refractivity contribution >= 4 is 11.9 Å². The third-order valence-electron chi connectivity index (χ3n) is 0.710. The maximum Gasteiger partial charge on any atom is 0.341 e. The Balaban J connectivity index is 3.50. The van der Waals surface area contributed by atoms with Crippen LogP contribution < -0.4 is 5.73 Å². The lowest BCUT2D eigenvalue weighted by Crippen LogP contribution is -2.30. The minimum Gasteiger partial charge on any atom is -0.479 e. The first-order valence-corrected chi connectivity index (χ1v) is 2.68. The van der Waals surface area contributed by atoms with Gasteiger partial charge in [0.1, 0.15) is 6.04 Å². The largest absolute Gasteiger partial charge is 0.479 e. The average Bonchev–Trinajstić information content (AvgIpc) is 1.82. The first kappa shape index (κ1) is 8.90. The molecule has 0 aliphatic heterocycles. The molecule has 0 saturated carbocycles. The van der Waals surface area contributed by atoms with Crippen LogP contribution in [0.15, 0.2) is 0 Å². The lowest BCUT2D eigenvalue weighted by molar-refractivity contribution is -0.155. The Morgan fingerprint density at radius 2 is 2.20 bits per heavy atom. The number of esters is 1. The van der Waals surface area contributed by atoms with Crippen molar-refractivity contribution < 1.29 is 19.4 Å². The van der Waals surface area contributed by atoms with E-state index in [1.165, 1.54) is 6.92 Å². The second kappa shape index (κ2) is 3.84. The molecule has 0 spiro atoms. The van der Waals surface area contributed by atoms with Crippen LogP contribution in [0.5, 0.6) is 0 Å². The van der Waals surface area contributed by atoms with Crippen molar-refractivity contribution in [1.29, 1.82) is 0 Å². The molecule has 5 heteroatoms. The summed E-state index contributed by atoms with van der Waals surface area (Å²) in [6, 6.07) is -0.764. The summed E-state index contributed by atoms with van der Waals surface area (Å²) >= 11 is 0. The number of carboxylic acid groups (broad SMARTS) is 1. The maximum absolute atomic E-state index is 10.4. The molecule has 0 saturated heterocycles. The lowest BCUT2D eigenvalue weighted by Gasteiger charge is -2.02. The summed E-state index contributed by atoms with van der Waals surface area (Å²) in [5.41, 5.74) is 5.05. The molecule has 1 atom stereocenters. The van der Waals surface area contributed by atoms with Crippen molar-refractivity contribution in [3.05, 3.63) is 0 Å². The fourth-order valence-corrected chi connectivity index (χ4v) is 0.264. The van der Waals surface area contributed by atoms with Gasteiger partial charge in [-0.2, -0.15) is 0 Å². The van der Waals surface area contributed by atoms with E-state index in [1.54, 1.807) is 0 Å². The van der Waals surface area contributed by atoms with E-state index < -0.39 is 24.6 Å². The predicted molar refractivity (Wildman–Crippen MR) is 32.2 cm³/mol. The van der Waals surface area contributed by atoms with Gasteiger partial charge in [-0.05, 0) is 6.92 Å². The van der Waals surface area contributed by atoms with E-state index in [4.69, 9.17) is 10.8 Å². The Morgan fingerprint density at radius 1 is 1.70 bits per heavy atom. The molecule has 0 amide bonds. The molecule has 58 valence electrons. The standard InChI is InChI=1S/C5H9NO4/c1-3(6)5(9)10-2-4(7)8/h3H,2,6H2,1H3,(H,7,8)/t3-/m0/s1. The Hall–Kier alpha value is -1.10. The fraction of sp³-hybridized carbons (Fsp3) is 0.600. The fourth-order valence-electron chi connectivity index (χ4n) is 0.264. The predicted octanol–water partition coefficient (Wildman–Crippen LogP) is -1.04. The normalized spacial score (nSPS) is 12.2. The van der Waals surface area contributed by atoms with Gasteiger partial charge in [0, 0.05) is 0 Å². The maximum atomic E-state index is 10.4. The zero-order valence-electron chi connectivity index (χ0n) is 5.53. The second-order valence-corrected chi connectivity index (χ2v) is 1.79. The molecule has 0 unspecified atom stereocenters. The van der Waals surface area contributed by atoms with Gasteiger partial charge in [0.25, 0.3) is 0 Å². The minimum atomic E-state index is -1.19. The van der Waals surface area contributed by atoms with E-state index in [0.717, 1.165) is 0 Å². The van der Waals surface area contributed by atoms with Gasteiger partial charge in [-0.25, -0.2) is 4.79 Å². The van der Waals surface area contributed by atoms with Crippen molar-refractivity contribution in [2.75, 3.05) is 6.61 Å². The van der Waals surface area contributed by atoms with Gasteiger partial charge in [-0.1, -0.05) is 0 Å². The van der Waals surface area contributed by atoms with E-state index in [2.05, 4.69) is 4.74 Å². The summed E-state index contributed by atoms with van der Waals surface area (Å²) in [7, 11) is 0. The van der Waals surface area contributed by atoms with Crippen LogP contribution in [0.4, 0.5) is 0 Å². The molecule has 0 aliphatic carbocycles. The van der Waals surface area contributed by atoms with Crippen LogP contribution in [-0.2, 0) is 14.3 Å². The molecule has 0 aromatic rings. The van der Waals surface area contributed by atoms with E-state index in [1.807, 2.05) is 0 Å². The van der Waals surface area contributed by atoms with Crippen LogP contribution in [0.3, 0.4) is 0 Å². The van der Waals surface area contributed by atoms with Gasteiger partial charge in [-0.3, -0.25) is 4.79 Å². The van der Waals surface area contributed by atoms with Crippen LogP contribution in [0.25, 0.3) is 0 Å². The van der Waals surface area contributed by atoms with Crippen molar-refractivity contribution in [2.45, 2.75) is 13.0 Å². The first-order chi connectivity index (χ1) is 4.54. The smallest absolute Gasteiger partial charge is 0.341 e. The van der Waals surface area contributed by atoms with E-state index in [0.29, 0.717) is 0 Å². The van der Waals surface area contributed by atoms with Crippen LogP contribution in [-0.4, -0.2) is 29.7 Å². The van der Waals surface area contributed by atoms with Gasteiger partial charge in [-0.15, -0.1) is 0 Å². The number of nitrogens with two attached hydrogens (primary N) is 1. The Kier molecular flexibility index (Phi) is 3.42. The zero-order valence-corrected chi connectivity index (χ0v) is 5.53. The van der Waals surface area contributed by atoms with Gasteiger partial charge in [0.2, 0.25) is 0 Å². The van der Waals surface area contributed by atoms with Crippen LogP contribution in [0.2, 0.25) is 0 Å². The Bertz CT molecular complexity index is 143. The van der Waals surface area contributed by atoms with Gasteiger partial charge >= 0.3 is 11.9 Å². The minimum absolute atomic E-state index is 0.625. The monoisotopic (exact) mass is 147 g/mol. The second-order valence-electron chi connectivity index (χ2n) is 1.79. The summed E-state index contributed by atoms with van der Waals surface area (Å²) in [5.74, 6) is -1.89. The van der Waals surface area contributed by atoms with Gasteiger partial charge in [0.05, 0.1) is 0 Å². The number of carbonyl (C=O) groups excluding carboxylic acids is 1. The topological polar surface area (TPSA) is 89.6 Å². The third-order valence-corrected chi connectivity index (χ3v) is 0.710. The molecule has 0 aromatic heterocycles. The van der Waals surface area contributed by atoms with E-state index in [9.17, 15) is 9.59 Å². The van der Waals surface area contributed by atoms with Crippen molar-refractivity contribution in [2.24, 2.45) is 5.73 Å². The number of carbonyl (C=O) groups is 2. The van der Waals surface area contributed by atoms with Crippen molar-refractivity contribution in [1.82, 2.24) is 0 Å². The first-order valence-electron chi connectivity index (χ1n) is 2.68. The summed E-state index contributed by atoms with van der Waals surface area (Å²) in [4.78, 5) is 20.2. The number of aliphatic carboxylic acids is 1. The highest BCUT2D eigenvalue weighted by atomic mass is 16.5. The highest BCUT2D eigenvalue weighted by molar-refractivity contribution is 5.78. The molecule has 0 fully saturated rings. The van der Waals surface area contributed by atoms with Crippen molar-refractivity contribution in [3.63, 3.8) is 0 Å². The number of carboxylic acids is 1. The van der Waals surface area contributed by atoms with Crippen LogP contribution in [0.1, 0.15) is 6.92 Å². The van der Waals surface area contributed by atoms with Gasteiger partial charge in [0.15, 0.2) is 6.61 Å².